The Labute approximate surface area is 78.2 Å². The Hall–Kier alpha value is -0.610. The monoisotopic (exact) mass is 187 g/mol. The molecule has 1 aliphatic heterocycles. The predicted octanol–water partition coefficient (Wildman–Crippen LogP) is 0.308. The number of aliphatic hydroxyl groups excluding tert-OH is 1. The summed E-state index contributed by atoms with van der Waals surface area (Å²) in [4.78, 5) is 12.5. The summed E-state index contributed by atoms with van der Waals surface area (Å²) in [6.07, 6.45) is 3.96. The molecule has 0 saturated carbocycles. The average Bonchev–Trinajstić information content (AvgIpc) is 2.08. The summed E-state index contributed by atoms with van der Waals surface area (Å²) >= 11 is 0. The van der Waals surface area contributed by atoms with Gasteiger partial charge in [-0.1, -0.05) is 6.42 Å². The number of carboxylic acid groups (broad SMARTS) is 1. The third kappa shape index (κ3) is 3.32. The standard InChI is InChI=1S/C9H17NO3/c11-6-4-8-3-1-2-5-10(8)7-9(12)13/h8,11H,1-7H2,(H,12,13)/t8-/m0/s1. The lowest BCUT2D eigenvalue weighted by Gasteiger charge is -2.34. The highest BCUT2D eigenvalue weighted by Crippen LogP contribution is 2.18. The molecule has 0 radical (unpaired) electrons. The van der Waals surface area contributed by atoms with Gasteiger partial charge in [0.2, 0.25) is 0 Å². The molecule has 1 atom stereocenters. The van der Waals surface area contributed by atoms with E-state index >= 15 is 0 Å². The Morgan fingerprint density at radius 1 is 1.46 bits per heavy atom. The zero-order valence-corrected chi connectivity index (χ0v) is 7.78. The molecule has 0 aromatic carbocycles. The van der Waals surface area contributed by atoms with Crippen LogP contribution < -0.4 is 0 Å². The molecule has 0 spiro atoms. The van der Waals surface area contributed by atoms with Gasteiger partial charge in [0.05, 0.1) is 6.54 Å². The van der Waals surface area contributed by atoms with Crippen LogP contribution in [0.15, 0.2) is 0 Å². The van der Waals surface area contributed by atoms with Crippen molar-refractivity contribution in [2.45, 2.75) is 31.7 Å². The van der Waals surface area contributed by atoms with Crippen LogP contribution in [-0.2, 0) is 4.79 Å². The molecule has 0 aromatic heterocycles. The zero-order valence-electron chi connectivity index (χ0n) is 7.78. The Bertz CT molecular complexity index is 170. The van der Waals surface area contributed by atoms with Crippen LogP contribution in [0.5, 0.6) is 0 Å². The highest BCUT2D eigenvalue weighted by Gasteiger charge is 2.23. The smallest absolute Gasteiger partial charge is 0.317 e. The van der Waals surface area contributed by atoms with Crippen LogP contribution in [0.25, 0.3) is 0 Å². The first-order valence-corrected chi connectivity index (χ1v) is 4.80. The van der Waals surface area contributed by atoms with Gasteiger partial charge < -0.3 is 10.2 Å². The zero-order chi connectivity index (χ0) is 9.68. The van der Waals surface area contributed by atoms with Gasteiger partial charge >= 0.3 is 5.97 Å². The van der Waals surface area contributed by atoms with Gasteiger partial charge in [-0.25, -0.2) is 0 Å². The minimum atomic E-state index is -0.773. The van der Waals surface area contributed by atoms with E-state index in [4.69, 9.17) is 10.2 Å². The van der Waals surface area contributed by atoms with Crippen molar-refractivity contribution in [3.8, 4) is 0 Å². The average molecular weight is 187 g/mol. The van der Waals surface area contributed by atoms with Gasteiger partial charge in [0.1, 0.15) is 0 Å². The molecule has 0 unspecified atom stereocenters. The van der Waals surface area contributed by atoms with Gasteiger partial charge in [0.15, 0.2) is 0 Å². The van der Waals surface area contributed by atoms with Gasteiger partial charge in [-0.3, -0.25) is 9.69 Å². The molecule has 0 bridgehead atoms. The van der Waals surface area contributed by atoms with E-state index in [9.17, 15) is 4.79 Å². The van der Waals surface area contributed by atoms with E-state index in [1.54, 1.807) is 0 Å². The summed E-state index contributed by atoms with van der Waals surface area (Å²) in [5.74, 6) is -0.773. The normalized spacial score (nSPS) is 24.5. The van der Waals surface area contributed by atoms with Crippen molar-refractivity contribution in [3.05, 3.63) is 0 Å². The van der Waals surface area contributed by atoms with Crippen molar-refractivity contribution < 1.29 is 15.0 Å². The molecule has 0 amide bonds. The predicted molar refractivity (Wildman–Crippen MR) is 48.6 cm³/mol. The number of carboxylic acids is 1. The number of nitrogens with zero attached hydrogens (tertiary/aromatic N) is 1. The molecule has 76 valence electrons. The van der Waals surface area contributed by atoms with Crippen molar-refractivity contribution in [3.63, 3.8) is 0 Å². The van der Waals surface area contributed by atoms with Crippen LogP contribution in [0.1, 0.15) is 25.7 Å². The third-order valence-electron chi connectivity index (χ3n) is 2.55. The summed E-state index contributed by atoms with van der Waals surface area (Å²) in [6.45, 7) is 1.13. The first kappa shape index (κ1) is 10.5. The number of hydrogen-bond acceptors (Lipinski definition) is 3. The van der Waals surface area contributed by atoms with Crippen molar-refractivity contribution in [1.82, 2.24) is 4.90 Å². The molecule has 0 aromatic rings. The lowest BCUT2D eigenvalue weighted by molar-refractivity contribution is -0.139. The molecule has 4 nitrogen and oxygen atoms in total. The molecule has 13 heavy (non-hydrogen) atoms. The Kier molecular flexibility index (Phi) is 4.18. The van der Waals surface area contributed by atoms with Crippen LogP contribution in [-0.4, -0.2) is 46.8 Å². The number of carbonyl (C=O) groups is 1. The molecule has 0 aliphatic carbocycles. The summed E-state index contributed by atoms with van der Waals surface area (Å²) in [5, 5.41) is 17.4. The fraction of sp³-hybridized carbons (Fsp3) is 0.889. The van der Waals surface area contributed by atoms with E-state index in [-0.39, 0.29) is 19.2 Å². The van der Waals surface area contributed by atoms with Crippen LogP contribution in [0.4, 0.5) is 0 Å². The van der Waals surface area contributed by atoms with E-state index in [0.717, 1.165) is 25.8 Å². The summed E-state index contributed by atoms with van der Waals surface area (Å²) in [7, 11) is 0. The second kappa shape index (κ2) is 5.19. The summed E-state index contributed by atoms with van der Waals surface area (Å²) in [5.41, 5.74) is 0. The van der Waals surface area contributed by atoms with E-state index in [0.29, 0.717) is 6.42 Å². The summed E-state index contributed by atoms with van der Waals surface area (Å²) in [6, 6.07) is 0.273. The Balaban J connectivity index is 2.41. The SMILES string of the molecule is O=C(O)CN1CCCC[C@H]1CCO. The van der Waals surface area contributed by atoms with E-state index in [1.165, 1.54) is 0 Å². The first-order valence-electron chi connectivity index (χ1n) is 4.80. The van der Waals surface area contributed by atoms with Crippen molar-refractivity contribution in [2.24, 2.45) is 0 Å². The Morgan fingerprint density at radius 3 is 2.85 bits per heavy atom. The van der Waals surface area contributed by atoms with Gasteiger partial charge in [-0.2, -0.15) is 0 Å². The topological polar surface area (TPSA) is 60.8 Å². The van der Waals surface area contributed by atoms with Gasteiger partial charge in [-0.05, 0) is 25.8 Å². The van der Waals surface area contributed by atoms with Crippen LogP contribution >= 0.6 is 0 Å². The lowest BCUT2D eigenvalue weighted by Crippen LogP contribution is -2.42. The molecule has 1 saturated heterocycles. The van der Waals surface area contributed by atoms with Gasteiger partial charge in [0, 0.05) is 12.6 Å². The number of hydrogen-bond donors (Lipinski definition) is 2. The largest absolute Gasteiger partial charge is 0.480 e. The maximum Gasteiger partial charge on any atom is 0.317 e. The van der Waals surface area contributed by atoms with Crippen molar-refractivity contribution in [1.29, 1.82) is 0 Å². The quantitative estimate of drug-likeness (QED) is 0.665. The highest BCUT2D eigenvalue weighted by molar-refractivity contribution is 5.69. The third-order valence-corrected chi connectivity index (χ3v) is 2.55. The van der Waals surface area contributed by atoms with Crippen molar-refractivity contribution in [2.75, 3.05) is 19.7 Å². The second-order valence-electron chi connectivity index (χ2n) is 3.53. The number of likely N-dealkylation sites (tertiary alicyclic amines) is 1. The molecule has 1 aliphatic rings. The van der Waals surface area contributed by atoms with E-state index in [2.05, 4.69) is 0 Å². The molecule has 1 rings (SSSR count). The number of rotatable bonds is 4. The molecular weight excluding hydrogens is 170 g/mol. The van der Waals surface area contributed by atoms with Crippen LogP contribution in [0.2, 0.25) is 0 Å². The fourth-order valence-corrected chi connectivity index (χ4v) is 1.92. The van der Waals surface area contributed by atoms with Crippen molar-refractivity contribution >= 4 is 5.97 Å². The van der Waals surface area contributed by atoms with Crippen LogP contribution in [0.3, 0.4) is 0 Å². The second-order valence-corrected chi connectivity index (χ2v) is 3.53. The number of piperidine rings is 1. The van der Waals surface area contributed by atoms with Crippen LogP contribution in [0, 0.1) is 0 Å². The first-order chi connectivity index (χ1) is 6.24. The number of aliphatic hydroxyl groups is 1. The van der Waals surface area contributed by atoms with E-state index in [1.807, 2.05) is 4.90 Å². The lowest BCUT2D eigenvalue weighted by atomic mass is 10.00. The number of aliphatic carboxylic acids is 1. The molecular formula is C9H17NO3. The maximum absolute atomic E-state index is 10.5. The Morgan fingerprint density at radius 2 is 2.23 bits per heavy atom. The molecule has 1 fully saturated rings. The van der Waals surface area contributed by atoms with Gasteiger partial charge in [0.25, 0.3) is 0 Å². The van der Waals surface area contributed by atoms with E-state index < -0.39 is 5.97 Å². The maximum atomic E-state index is 10.5. The fourth-order valence-electron chi connectivity index (χ4n) is 1.92. The minimum Gasteiger partial charge on any atom is -0.480 e. The molecule has 1 heterocycles. The minimum absolute atomic E-state index is 0.116. The molecule has 2 N–H and O–H groups in total. The van der Waals surface area contributed by atoms with Gasteiger partial charge in [-0.15, -0.1) is 0 Å². The summed E-state index contributed by atoms with van der Waals surface area (Å²) < 4.78 is 0. The molecule has 4 heteroatoms. The highest BCUT2D eigenvalue weighted by atomic mass is 16.4.